The summed E-state index contributed by atoms with van der Waals surface area (Å²) in [6.45, 7) is 0. The van der Waals surface area contributed by atoms with Gasteiger partial charge in [-0.15, -0.1) is 11.3 Å². The zero-order chi connectivity index (χ0) is 17.4. The standard InChI is InChI=1S/C21H14O3S/c22-15-8-6-13(7-9-15)20(24)19-17-11-10-16(23)12-18(17)25-21(19)14-4-2-1-3-5-14/h1-12,22-23H. The van der Waals surface area contributed by atoms with E-state index in [0.29, 0.717) is 11.1 Å². The van der Waals surface area contributed by atoms with E-state index in [9.17, 15) is 15.0 Å². The van der Waals surface area contributed by atoms with Gasteiger partial charge < -0.3 is 10.2 Å². The van der Waals surface area contributed by atoms with E-state index < -0.39 is 0 Å². The van der Waals surface area contributed by atoms with Gasteiger partial charge in [0.1, 0.15) is 11.5 Å². The number of phenols is 2. The summed E-state index contributed by atoms with van der Waals surface area (Å²) in [6, 6.07) is 21.1. The molecule has 4 rings (SSSR count). The van der Waals surface area contributed by atoms with Gasteiger partial charge >= 0.3 is 0 Å². The molecule has 122 valence electrons. The van der Waals surface area contributed by atoms with Crippen molar-refractivity contribution in [3.8, 4) is 21.9 Å². The molecule has 2 N–H and O–H groups in total. The molecule has 0 bridgehead atoms. The average molecular weight is 346 g/mol. The normalized spacial score (nSPS) is 10.9. The maximum absolute atomic E-state index is 13.2. The first-order chi connectivity index (χ1) is 12.1. The van der Waals surface area contributed by atoms with Crippen molar-refractivity contribution in [1.82, 2.24) is 0 Å². The first-order valence-corrected chi connectivity index (χ1v) is 8.60. The van der Waals surface area contributed by atoms with Gasteiger partial charge in [-0.3, -0.25) is 4.79 Å². The van der Waals surface area contributed by atoms with Crippen molar-refractivity contribution in [1.29, 1.82) is 0 Å². The summed E-state index contributed by atoms with van der Waals surface area (Å²) in [5, 5.41) is 20.1. The number of hydrogen-bond donors (Lipinski definition) is 2. The molecule has 0 amide bonds. The Morgan fingerprint density at radius 3 is 2.20 bits per heavy atom. The number of thiophene rings is 1. The van der Waals surface area contributed by atoms with Crippen LogP contribution in [0.1, 0.15) is 15.9 Å². The maximum atomic E-state index is 13.2. The topological polar surface area (TPSA) is 57.5 Å². The summed E-state index contributed by atoms with van der Waals surface area (Å²) in [7, 11) is 0. The predicted molar refractivity (Wildman–Crippen MR) is 100 cm³/mol. The van der Waals surface area contributed by atoms with Gasteiger partial charge in [0.25, 0.3) is 0 Å². The Morgan fingerprint density at radius 2 is 1.48 bits per heavy atom. The zero-order valence-electron chi connectivity index (χ0n) is 13.1. The number of benzene rings is 3. The molecular weight excluding hydrogens is 332 g/mol. The summed E-state index contributed by atoms with van der Waals surface area (Å²) in [6.07, 6.45) is 0. The van der Waals surface area contributed by atoms with Gasteiger partial charge in [-0.05, 0) is 48.0 Å². The van der Waals surface area contributed by atoms with Gasteiger partial charge in [0.05, 0.1) is 0 Å². The third-order valence-corrected chi connectivity index (χ3v) is 5.27. The highest BCUT2D eigenvalue weighted by Gasteiger charge is 2.21. The van der Waals surface area contributed by atoms with Crippen LogP contribution in [-0.4, -0.2) is 16.0 Å². The number of carbonyl (C=O) groups excluding carboxylic acids is 1. The SMILES string of the molecule is O=C(c1ccc(O)cc1)c1c(-c2ccccc2)sc2cc(O)ccc12. The molecule has 0 radical (unpaired) electrons. The van der Waals surface area contributed by atoms with Crippen LogP contribution in [0.5, 0.6) is 11.5 Å². The quantitative estimate of drug-likeness (QED) is 0.501. The summed E-state index contributed by atoms with van der Waals surface area (Å²) < 4.78 is 0.862. The van der Waals surface area contributed by atoms with E-state index in [1.54, 1.807) is 30.3 Å². The highest BCUT2D eigenvalue weighted by Crippen LogP contribution is 2.41. The molecule has 3 aromatic carbocycles. The highest BCUT2D eigenvalue weighted by molar-refractivity contribution is 7.22. The van der Waals surface area contributed by atoms with E-state index in [2.05, 4.69) is 0 Å². The van der Waals surface area contributed by atoms with Crippen molar-refractivity contribution < 1.29 is 15.0 Å². The number of rotatable bonds is 3. The molecule has 0 aliphatic carbocycles. The molecular formula is C21H14O3S. The molecule has 4 aromatic rings. The number of aromatic hydroxyl groups is 2. The average Bonchev–Trinajstić information content (AvgIpc) is 3.01. The second-order valence-electron chi connectivity index (χ2n) is 5.73. The fraction of sp³-hybridized carbons (Fsp3) is 0. The number of carbonyl (C=O) groups is 1. The van der Waals surface area contributed by atoms with Gasteiger partial charge in [0, 0.05) is 26.1 Å². The number of hydrogen-bond acceptors (Lipinski definition) is 4. The van der Waals surface area contributed by atoms with Gasteiger partial charge in [0.15, 0.2) is 5.78 Å². The van der Waals surface area contributed by atoms with Gasteiger partial charge in [0.2, 0.25) is 0 Å². The Morgan fingerprint density at radius 1 is 0.800 bits per heavy atom. The van der Waals surface area contributed by atoms with E-state index in [1.165, 1.54) is 23.5 Å². The van der Waals surface area contributed by atoms with Crippen molar-refractivity contribution in [2.45, 2.75) is 0 Å². The molecule has 0 saturated carbocycles. The third-order valence-electron chi connectivity index (χ3n) is 4.07. The van der Waals surface area contributed by atoms with Crippen LogP contribution >= 0.6 is 11.3 Å². The van der Waals surface area contributed by atoms with E-state index in [4.69, 9.17) is 0 Å². The lowest BCUT2D eigenvalue weighted by Crippen LogP contribution is -2.01. The molecule has 4 heteroatoms. The van der Waals surface area contributed by atoms with Crippen molar-refractivity contribution in [2.75, 3.05) is 0 Å². The van der Waals surface area contributed by atoms with Crippen LogP contribution < -0.4 is 0 Å². The van der Waals surface area contributed by atoms with Crippen molar-refractivity contribution >= 4 is 27.2 Å². The van der Waals surface area contributed by atoms with Crippen LogP contribution in [0.2, 0.25) is 0 Å². The summed E-state index contributed by atoms with van der Waals surface area (Å²) in [5.74, 6) is 0.202. The predicted octanol–water partition coefficient (Wildman–Crippen LogP) is 5.21. The molecule has 0 saturated heterocycles. The number of fused-ring (bicyclic) bond motifs is 1. The minimum absolute atomic E-state index is 0.101. The van der Waals surface area contributed by atoms with Gasteiger partial charge in [-0.2, -0.15) is 0 Å². The lowest BCUT2D eigenvalue weighted by molar-refractivity contribution is 0.104. The molecule has 0 aliphatic heterocycles. The minimum Gasteiger partial charge on any atom is -0.508 e. The molecule has 0 unspecified atom stereocenters. The molecule has 25 heavy (non-hydrogen) atoms. The fourth-order valence-corrected chi connectivity index (χ4v) is 4.10. The maximum Gasteiger partial charge on any atom is 0.195 e. The van der Waals surface area contributed by atoms with Gasteiger partial charge in [-0.1, -0.05) is 30.3 Å². The largest absolute Gasteiger partial charge is 0.508 e. The first kappa shape index (κ1) is 15.4. The number of ketones is 1. The van der Waals surface area contributed by atoms with Gasteiger partial charge in [-0.25, -0.2) is 0 Å². The third kappa shape index (κ3) is 2.77. The van der Waals surface area contributed by atoms with Crippen molar-refractivity contribution in [2.24, 2.45) is 0 Å². The van der Waals surface area contributed by atoms with E-state index in [-0.39, 0.29) is 17.3 Å². The lowest BCUT2D eigenvalue weighted by atomic mass is 9.97. The minimum atomic E-state index is -0.101. The Balaban J connectivity index is 1.97. The number of phenolic OH excluding ortho intramolecular Hbond substituents is 2. The second-order valence-corrected chi connectivity index (χ2v) is 6.78. The second kappa shape index (κ2) is 6.07. The fourth-order valence-electron chi connectivity index (χ4n) is 2.86. The monoisotopic (exact) mass is 346 g/mol. The van der Waals surface area contributed by atoms with Crippen molar-refractivity contribution in [3.05, 3.63) is 83.9 Å². The van der Waals surface area contributed by atoms with Crippen molar-refractivity contribution in [3.63, 3.8) is 0 Å². The Bertz CT molecular complexity index is 1060. The molecule has 0 spiro atoms. The van der Waals surface area contributed by atoms with Crippen LogP contribution in [0.15, 0.2) is 72.8 Å². The molecule has 0 atom stereocenters. The molecule has 0 fully saturated rings. The van der Waals surface area contributed by atoms with Crippen LogP contribution in [-0.2, 0) is 0 Å². The Labute approximate surface area is 148 Å². The lowest BCUT2D eigenvalue weighted by Gasteiger charge is -2.05. The molecule has 3 nitrogen and oxygen atoms in total. The van der Waals surface area contributed by atoms with E-state index in [1.807, 2.05) is 30.3 Å². The van der Waals surface area contributed by atoms with E-state index >= 15 is 0 Å². The zero-order valence-corrected chi connectivity index (χ0v) is 14.0. The summed E-state index contributed by atoms with van der Waals surface area (Å²) in [4.78, 5) is 14.0. The molecule has 1 heterocycles. The smallest absolute Gasteiger partial charge is 0.195 e. The molecule has 0 aliphatic rings. The first-order valence-electron chi connectivity index (χ1n) is 7.78. The summed E-state index contributed by atoms with van der Waals surface area (Å²) >= 11 is 1.49. The Kier molecular flexibility index (Phi) is 3.75. The van der Waals surface area contributed by atoms with Crippen LogP contribution in [0, 0.1) is 0 Å². The van der Waals surface area contributed by atoms with E-state index in [0.717, 1.165) is 20.5 Å². The van der Waals surface area contributed by atoms with Crippen LogP contribution in [0.3, 0.4) is 0 Å². The summed E-state index contributed by atoms with van der Waals surface area (Å²) in [5.41, 5.74) is 2.10. The highest BCUT2D eigenvalue weighted by atomic mass is 32.1. The molecule has 1 aromatic heterocycles. The van der Waals surface area contributed by atoms with Crippen LogP contribution in [0.25, 0.3) is 20.5 Å². The Hall–Kier alpha value is -3.11. The van der Waals surface area contributed by atoms with Crippen LogP contribution in [0.4, 0.5) is 0 Å².